The first-order chi connectivity index (χ1) is 7.04. The van der Waals surface area contributed by atoms with E-state index < -0.39 is 0 Å². The van der Waals surface area contributed by atoms with Gasteiger partial charge in [0.05, 0.1) is 17.8 Å². The maximum absolute atomic E-state index is 11.4. The molecule has 4 nitrogen and oxygen atoms in total. The number of rotatable bonds is 2. The zero-order valence-electron chi connectivity index (χ0n) is 8.87. The Labute approximate surface area is 93.8 Å². The van der Waals surface area contributed by atoms with Gasteiger partial charge in [-0.25, -0.2) is 4.79 Å². The van der Waals surface area contributed by atoms with E-state index in [1.165, 1.54) is 4.90 Å². The quantitative estimate of drug-likeness (QED) is 0.845. The van der Waals surface area contributed by atoms with Crippen LogP contribution in [0, 0.1) is 0 Å². The Morgan fingerprint density at radius 3 is 2.67 bits per heavy atom. The molecule has 0 fully saturated rings. The summed E-state index contributed by atoms with van der Waals surface area (Å²) in [6.45, 7) is 0. The van der Waals surface area contributed by atoms with Gasteiger partial charge in [-0.15, -0.1) is 0 Å². The first kappa shape index (κ1) is 11.7. The normalized spacial score (nSPS) is 9.60. The van der Waals surface area contributed by atoms with Crippen LogP contribution in [0.5, 0.6) is 5.75 Å². The minimum atomic E-state index is -0.231. The fourth-order valence-electron chi connectivity index (χ4n) is 0.954. The molecule has 0 aliphatic heterocycles. The fourth-order valence-corrected chi connectivity index (χ4v) is 1.12. The lowest BCUT2D eigenvalue weighted by atomic mass is 10.3. The maximum Gasteiger partial charge on any atom is 0.321 e. The molecule has 0 bridgehead atoms. The third-order valence-electron chi connectivity index (χ3n) is 1.82. The zero-order chi connectivity index (χ0) is 11.4. The van der Waals surface area contributed by atoms with Crippen molar-refractivity contribution in [1.82, 2.24) is 4.90 Å². The van der Waals surface area contributed by atoms with Gasteiger partial charge in [-0.2, -0.15) is 0 Å². The molecule has 15 heavy (non-hydrogen) atoms. The summed E-state index contributed by atoms with van der Waals surface area (Å²) in [5.41, 5.74) is 0.537. The van der Waals surface area contributed by atoms with Crippen molar-refractivity contribution in [2.75, 3.05) is 26.5 Å². The third-order valence-corrected chi connectivity index (χ3v) is 2.15. The SMILES string of the molecule is COc1ccc(Cl)c(NC(=O)N(C)C)c1. The molecule has 1 N–H and O–H groups in total. The Bertz CT molecular complexity index is 366. The number of methoxy groups -OCH3 is 1. The number of carbonyl (C=O) groups excluding carboxylic acids is 1. The molecular weight excluding hydrogens is 216 g/mol. The summed E-state index contributed by atoms with van der Waals surface area (Å²) in [6, 6.07) is 4.84. The monoisotopic (exact) mass is 228 g/mol. The lowest BCUT2D eigenvalue weighted by molar-refractivity contribution is 0.230. The number of hydrogen-bond acceptors (Lipinski definition) is 2. The minimum Gasteiger partial charge on any atom is -0.497 e. The molecule has 1 aromatic rings. The van der Waals surface area contributed by atoms with E-state index in [0.29, 0.717) is 16.5 Å². The molecule has 0 aliphatic carbocycles. The number of anilines is 1. The molecule has 1 rings (SSSR count). The molecular formula is C10H13ClN2O2. The van der Waals surface area contributed by atoms with E-state index in [-0.39, 0.29) is 6.03 Å². The highest BCUT2D eigenvalue weighted by Crippen LogP contribution is 2.26. The van der Waals surface area contributed by atoms with Crippen molar-refractivity contribution in [2.24, 2.45) is 0 Å². The Morgan fingerprint density at radius 2 is 2.13 bits per heavy atom. The van der Waals surface area contributed by atoms with Crippen LogP contribution >= 0.6 is 11.6 Å². The number of ether oxygens (including phenoxy) is 1. The average molecular weight is 229 g/mol. The van der Waals surface area contributed by atoms with Crippen LogP contribution in [0.1, 0.15) is 0 Å². The second kappa shape index (κ2) is 4.89. The van der Waals surface area contributed by atoms with Crippen LogP contribution in [-0.2, 0) is 0 Å². The number of amides is 2. The maximum atomic E-state index is 11.4. The van der Waals surface area contributed by atoms with Crippen LogP contribution in [0.2, 0.25) is 5.02 Å². The van der Waals surface area contributed by atoms with Crippen molar-refractivity contribution in [2.45, 2.75) is 0 Å². The standard InChI is InChI=1S/C10H13ClN2O2/c1-13(2)10(14)12-9-6-7(15-3)4-5-8(9)11/h4-6H,1-3H3,(H,12,14). The van der Waals surface area contributed by atoms with E-state index in [4.69, 9.17) is 16.3 Å². The summed E-state index contributed by atoms with van der Waals surface area (Å²) in [5.74, 6) is 0.647. The van der Waals surface area contributed by atoms with Gasteiger partial charge in [0.15, 0.2) is 0 Å². The van der Waals surface area contributed by atoms with Crippen LogP contribution in [0.3, 0.4) is 0 Å². The smallest absolute Gasteiger partial charge is 0.321 e. The van der Waals surface area contributed by atoms with Gasteiger partial charge >= 0.3 is 6.03 Å². The van der Waals surface area contributed by atoms with Gasteiger partial charge in [0.1, 0.15) is 5.75 Å². The van der Waals surface area contributed by atoms with Crippen molar-refractivity contribution in [3.8, 4) is 5.75 Å². The van der Waals surface area contributed by atoms with E-state index in [2.05, 4.69) is 5.32 Å². The Balaban J connectivity index is 2.88. The van der Waals surface area contributed by atoms with E-state index in [1.54, 1.807) is 39.4 Å². The molecule has 2 amide bonds. The Hall–Kier alpha value is -1.42. The molecule has 82 valence electrons. The van der Waals surface area contributed by atoms with Crippen molar-refractivity contribution < 1.29 is 9.53 Å². The number of halogens is 1. The highest BCUT2D eigenvalue weighted by molar-refractivity contribution is 6.33. The lowest BCUT2D eigenvalue weighted by Gasteiger charge is -2.13. The largest absolute Gasteiger partial charge is 0.497 e. The summed E-state index contributed by atoms with van der Waals surface area (Å²) in [6.07, 6.45) is 0. The van der Waals surface area contributed by atoms with Gasteiger partial charge in [-0.3, -0.25) is 0 Å². The molecule has 0 spiro atoms. The van der Waals surface area contributed by atoms with E-state index >= 15 is 0 Å². The van der Waals surface area contributed by atoms with Crippen molar-refractivity contribution in [1.29, 1.82) is 0 Å². The second-order valence-corrected chi connectivity index (χ2v) is 3.58. The van der Waals surface area contributed by atoms with Crippen LogP contribution < -0.4 is 10.1 Å². The molecule has 0 heterocycles. The molecule has 0 saturated carbocycles. The summed E-state index contributed by atoms with van der Waals surface area (Å²) in [4.78, 5) is 12.8. The molecule has 0 aliphatic rings. The number of urea groups is 1. The van der Waals surface area contributed by atoms with E-state index in [9.17, 15) is 4.79 Å². The lowest BCUT2D eigenvalue weighted by Crippen LogP contribution is -2.27. The topological polar surface area (TPSA) is 41.6 Å². The molecule has 0 aromatic heterocycles. The fraction of sp³-hybridized carbons (Fsp3) is 0.300. The van der Waals surface area contributed by atoms with E-state index in [1.807, 2.05) is 0 Å². The molecule has 0 radical (unpaired) electrons. The first-order valence-corrected chi connectivity index (χ1v) is 4.74. The highest BCUT2D eigenvalue weighted by atomic mass is 35.5. The minimum absolute atomic E-state index is 0.231. The van der Waals surface area contributed by atoms with Crippen molar-refractivity contribution in [3.63, 3.8) is 0 Å². The number of nitrogens with zero attached hydrogens (tertiary/aromatic N) is 1. The number of carbonyl (C=O) groups is 1. The number of nitrogens with one attached hydrogen (secondary N) is 1. The Kier molecular flexibility index (Phi) is 3.80. The van der Waals surface area contributed by atoms with Gasteiger partial charge in [0.2, 0.25) is 0 Å². The summed E-state index contributed by atoms with van der Waals surface area (Å²) in [5, 5.41) is 3.14. The highest BCUT2D eigenvalue weighted by Gasteiger charge is 2.08. The first-order valence-electron chi connectivity index (χ1n) is 4.36. The van der Waals surface area contributed by atoms with Crippen LogP contribution in [0.25, 0.3) is 0 Å². The average Bonchev–Trinajstić information content (AvgIpc) is 2.21. The third kappa shape index (κ3) is 3.02. The predicted octanol–water partition coefficient (Wildman–Crippen LogP) is 2.44. The summed E-state index contributed by atoms with van der Waals surface area (Å²) in [7, 11) is 4.87. The van der Waals surface area contributed by atoms with Gasteiger partial charge < -0.3 is 15.0 Å². The van der Waals surface area contributed by atoms with Crippen molar-refractivity contribution in [3.05, 3.63) is 23.2 Å². The van der Waals surface area contributed by atoms with Crippen LogP contribution in [0.15, 0.2) is 18.2 Å². The van der Waals surface area contributed by atoms with Crippen molar-refractivity contribution >= 4 is 23.3 Å². The molecule has 0 unspecified atom stereocenters. The Morgan fingerprint density at radius 1 is 1.47 bits per heavy atom. The van der Waals surface area contributed by atoms with Gasteiger partial charge in [-0.1, -0.05) is 11.6 Å². The zero-order valence-corrected chi connectivity index (χ0v) is 9.63. The van der Waals surface area contributed by atoms with Crippen LogP contribution in [0.4, 0.5) is 10.5 Å². The predicted molar refractivity (Wildman–Crippen MR) is 60.7 cm³/mol. The van der Waals surface area contributed by atoms with Gasteiger partial charge in [0, 0.05) is 20.2 Å². The van der Waals surface area contributed by atoms with Gasteiger partial charge in [0.25, 0.3) is 0 Å². The molecule has 0 atom stereocenters. The number of benzene rings is 1. The van der Waals surface area contributed by atoms with Gasteiger partial charge in [-0.05, 0) is 12.1 Å². The molecule has 1 aromatic carbocycles. The molecule has 0 saturated heterocycles. The summed E-state index contributed by atoms with van der Waals surface area (Å²) < 4.78 is 5.03. The molecule has 5 heteroatoms. The summed E-state index contributed by atoms with van der Waals surface area (Å²) >= 11 is 5.91. The number of hydrogen-bond donors (Lipinski definition) is 1. The second-order valence-electron chi connectivity index (χ2n) is 3.17. The van der Waals surface area contributed by atoms with Crippen LogP contribution in [-0.4, -0.2) is 32.1 Å². The van der Waals surface area contributed by atoms with E-state index in [0.717, 1.165) is 0 Å².